The van der Waals surface area contributed by atoms with E-state index >= 15 is 0 Å². The summed E-state index contributed by atoms with van der Waals surface area (Å²) >= 11 is 0. The lowest BCUT2D eigenvalue weighted by Crippen LogP contribution is -3.04. The SMILES string of the molecule is C[Si](C)(C)[Si]([Si](C)(C)C)([Si](C)(C)C)[Si](C)(C)[Si](C)(C)[Si](C)(C)[Si](C)(C)[Si]([Si](C)(C)C)([Si](C)(C)C)[Si](C)(C)C. The molecule has 0 heterocycles. The molecule has 0 nitrogen and oxygen atoms in total. The topological polar surface area (TPSA) is 0 Å². The zero-order valence-corrected chi connectivity index (χ0v) is 44.0. The quantitative estimate of drug-likeness (QED) is 0.186. The van der Waals surface area contributed by atoms with Crippen molar-refractivity contribution >= 4 is 86.3 Å². The van der Waals surface area contributed by atoms with Gasteiger partial charge in [-0.2, -0.15) is 0 Å². The Labute approximate surface area is 254 Å². The zero-order chi connectivity index (χ0) is 32.0. The molecule has 0 amide bonds. The van der Waals surface area contributed by atoms with Crippen LogP contribution >= 0.6 is 0 Å². The third kappa shape index (κ3) is 5.29. The molecular weight excluding hydrogens is 649 g/mol. The van der Waals surface area contributed by atoms with E-state index in [-0.39, 0.29) is 0 Å². The highest BCUT2D eigenvalue weighted by Crippen LogP contribution is 2.53. The minimum absolute atomic E-state index is 1.31. The van der Waals surface area contributed by atoms with E-state index in [0.29, 0.717) is 0 Å². The van der Waals surface area contributed by atoms with Crippen molar-refractivity contribution in [3.8, 4) is 0 Å². The summed E-state index contributed by atoms with van der Waals surface area (Å²) in [5.74, 6) is 0. The van der Waals surface area contributed by atoms with Gasteiger partial charge in [0.25, 0.3) is 0 Å². The summed E-state index contributed by atoms with van der Waals surface area (Å²) in [6.45, 7) is 77.0. The molecule has 0 atom stereocenters. The Morgan fingerprint density at radius 3 is 0.342 bits per heavy atom. The fourth-order valence-electron chi connectivity index (χ4n) is 14.9. The van der Waals surface area contributed by atoms with E-state index in [1.54, 1.807) is 0 Å². The van der Waals surface area contributed by atoms with E-state index in [4.69, 9.17) is 0 Å². The van der Waals surface area contributed by atoms with E-state index in [9.17, 15) is 0 Å². The monoisotopic (exact) mass is 726 g/mol. The minimum atomic E-state index is -1.50. The standard InChI is InChI=1S/C26H78Si12/c1-27(2,3)37(28(4,5)6,29(7,8)9)35(23,24)33(19,20)34(21,22)36(25,26)38(30(10,11)12,31(13,14)15)32(16,17)18/h1-26H3. The molecule has 0 unspecified atom stereocenters. The lowest BCUT2D eigenvalue weighted by molar-refractivity contribution is 1.71. The Morgan fingerprint density at radius 1 is 0.158 bits per heavy atom. The fourth-order valence-corrected chi connectivity index (χ4v) is 584. The van der Waals surface area contributed by atoms with Gasteiger partial charge in [-0.05, 0) is 0 Å². The number of rotatable bonds is 11. The maximum absolute atomic E-state index is 3.11. The Morgan fingerprint density at radius 2 is 0.263 bits per heavy atom. The molecule has 0 aliphatic carbocycles. The molecule has 0 aliphatic heterocycles. The summed E-state index contributed by atoms with van der Waals surface area (Å²) < 4.78 is 0. The first-order valence-corrected chi connectivity index (χ1v) is 63.8. The van der Waals surface area contributed by atoms with Crippen molar-refractivity contribution in [3.05, 3.63) is 0 Å². The van der Waals surface area contributed by atoms with Crippen molar-refractivity contribution < 1.29 is 0 Å². The number of hydrogen-bond acceptors (Lipinski definition) is 0. The van der Waals surface area contributed by atoms with E-state index in [1.165, 1.54) is 0 Å². The highest BCUT2D eigenvalue weighted by molar-refractivity contribution is 8.21. The van der Waals surface area contributed by atoms with Crippen LogP contribution < -0.4 is 0 Å². The summed E-state index contributed by atoms with van der Waals surface area (Å²) in [4.78, 5) is 0. The highest BCUT2D eigenvalue weighted by Gasteiger charge is 2.79. The Hall–Kier alpha value is 2.60. The van der Waals surface area contributed by atoms with Gasteiger partial charge < -0.3 is 0 Å². The largest absolute Gasteiger partial charge is 0.0739 e. The van der Waals surface area contributed by atoms with Crippen LogP contribution in [0.4, 0.5) is 0 Å². The van der Waals surface area contributed by atoms with E-state index in [1.807, 2.05) is 0 Å². The molecule has 0 radical (unpaired) electrons. The molecule has 0 aromatic rings. The predicted octanol–water partition coefficient (Wildman–Crippen LogP) is 10.6. The van der Waals surface area contributed by atoms with Crippen LogP contribution in [0.3, 0.4) is 0 Å². The summed E-state index contributed by atoms with van der Waals surface area (Å²) in [7, 11) is -13.9. The molecule has 0 bridgehead atoms. The predicted molar refractivity (Wildman–Crippen MR) is 222 cm³/mol. The zero-order valence-electron chi connectivity index (χ0n) is 32.0. The molecule has 0 fully saturated rings. The van der Waals surface area contributed by atoms with Crippen LogP contribution in [0.25, 0.3) is 0 Å². The maximum atomic E-state index is 3.11. The molecule has 12 heteroatoms. The van der Waals surface area contributed by atoms with Gasteiger partial charge in [0, 0.05) is 86.3 Å². The molecule has 230 valence electrons. The smallest absolute Gasteiger partial charge is 0.0316 e. The van der Waals surface area contributed by atoms with Gasteiger partial charge in [0.05, 0.1) is 0 Å². The van der Waals surface area contributed by atoms with Gasteiger partial charge in [-0.15, -0.1) is 0 Å². The van der Waals surface area contributed by atoms with Gasteiger partial charge in [0.1, 0.15) is 0 Å². The molecule has 0 saturated heterocycles. The van der Waals surface area contributed by atoms with Gasteiger partial charge in [-0.1, -0.05) is 170 Å². The van der Waals surface area contributed by atoms with Gasteiger partial charge in [0.15, 0.2) is 0 Å². The Bertz CT molecular complexity index is 702. The van der Waals surface area contributed by atoms with Crippen LogP contribution in [0.5, 0.6) is 0 Å². The first-order valence-electron chi connectivity index (χ1n) is 15.8. The first-order chi connectivity index (χ1) is 15.8. The summed E-state index contributed by atoms with van der Waals surface area (Å²) in [5, 5.41) is 0. The molecule has 0 aromatic carbocycles. The van der Waals surface area contributed by atoms with Crippen molar-refractivity contribution in [1.82, 2.24) is 0 Å². The normalized spacial score (nSPS) is 17.2. The third-order valence-electron chi connectivity index (χ3n) is 13.3. The number of hydrogen-bond donors (Lipinski definition) is 0. The summed E-state index contributed by atoms with van der Waals surface area (Å²) in [6, 6.07) is 0. The second kappa shape index (κ2) is 10.6. The van der Waals surface area contributed by atoms with Crippen LogP contribution in [0.2, 0.25) is 170 Å². The lowest BCUT2D eigenvalue weighted by Gasteiger charge is -2.74. The molecule has 0 rings (SSSR count). The lowest BCUT2D eigenvalue weighted by atomic mass is 11.8. The maximum Gasteiger partial charge on any atom is 0.0316 e. The van der Waals surface area contributed by atoms with Crippen molar-refractivity contribution in [2.75, 3.05) is 0 Å². The van der Waals surface area contributed by atoms with Crippen LogP contribution in [0.15, 0.2) is 0 Å². The molecule has 0 spiro atoms. The van der Waals surface area contributed by atoms with Crippen molar-refractivity contribution in [1.29, 1.82) is 0 Å². The molecule has 0 saturated carbocycles. The highest BCUT2D eigenvalue weighted by atomic mass is 30.3. The van der Waals surface area contributed by atoms with E-state index in [2.05, 4.69) is 170 Å². The molecule has 0 N–H and O–H groups in total. The van der Waals surface area contributed by atoms with Gasteiger partial charge in [-0.25, -0.2) is 0 Å². The molecule has 0 aliphatic rings. The molecule has 38 heavy (non-hydrogen) atoms. The molecule has 0 aromatic heterocycles. The van der Waals surface area contributed by atoms with E-state index < -0.39 is 86.3 Å². The average Bonchev–Trinajstić information content (AvgIpc) is 2.44. The van der Waals surface area contributed by atoms with Gasteiger partial charge in [0.2, 0.25) is 0 Å². The van der Waals surface area contributed by atoms with Crippen molar-refractivity contribution in [2.24, 2.45) is 0 Å². The van der Waals surface area contributed by atoms with Crippen molar-refractivity contribution in [3.63, 3.8) is 0 Å². The Balaban J connectivity index is 8.27. The van der Waals surface area contributed by atoms with E-state index in [0.717, 1.165) is 0 Å². The van der Waals surface area contributed by atoms with Gasteiger partial charge >= 0.3 is 0 Å². The summed E-state index contributed by atoms with van der Waals surface area (Å²) in [6.07, 6.45) is -2.85. The summed E-state index contributed by atoms with van der Waals surface area (Å²) in [5.41, 5.74) is 0. The van der Waals surface area contributed by atoms with Gasteiger partial charge in [-0.3, -0.25) is 0 Å². The second-order valence-electron chi connectivity index (χ2n) is 21.5. The van der Waals surface area contributed by atoms with Crippen LogP contribution in [0.1, 0.15) is 0 Å². The van der Waals surface area contributed by atoms with Crippen molar-refractivity contribution in [2.45, 2.75) is 170 Å². The van der Waals surface area contributed by atoms with Crippen LogP contribution in [-0.4, -0.2) is 86.3 Å². The first kappa shape index (κ1) is 40.6. The molecular formula is C26H78Si12. The third-order valence-corrected chi connectivity index (χ3v) is 336. The second-order valence-corrected chi connectivity index (χ2v) is 164. The Kier molecular flexibility index (Phi) is 11.3. The fraction of sp³-hybridized carbons (Fsp3) is 1.00. The van der Waals surface area contributed by atoms with Crippen LogP contribution in [-0.2, 0) is 0 Å². The van der Waals surface area contributed by atoms with Crippen LogP contribution in [0, 0.1) is 0 Å². The minimum Gasteiger partial charge on any atom is -0.0739 e. The average molecular weight is 728 g/mol.